The van der Waals surface area contributed by atoms with Crippen LogP contribution in [0.3, 0.4) is 0 Å². The van der Waals surface area contributed by atoms with Gasteiger partial charge in [-0.3, -0.25) is 0 Å². The van der Waals surface area contributed by atoms with E-state index in [2.05, 4.69) is 26.0 Å². The second-order valence-corrected chi connectivity index (χ2v) is 6.51. The molecular formula is C12H26O3Si. The zero-order chi connectivity index (χ0) is 12.4. The van der Waals surface area contributed by atoms with Crippen molar-refractivity contribution in [2.75, 3.05) is 19.8 Å². The molecule has 3 nitrogen and oxygen atoms in total. The zero-order valence-corrected chi connectivity index (χ0v) is 12.3. The number of rotatable bonds is 9. The molecule has 0 spiro atoms. The Balaban J connectivity index is 4.74. The topological polar surface area (TPSA) is 27.7 Å². The fourth-order valence-corrected chi connectivity index (χ4v) is 4.20. The van der Waals surface area contributed by atoms with Gasteiger partial charge in [-0.05, 0) is 27.2 Å². The lowest BCUT2D eigenvalue weighted by Gasteiger charge is -2.32. The Kier molecular flexibility index (Phi) is 8.84. The molecule has 0 aliphatic heterocycles. The molecule has 0 saturated heterocycles. The molecule has 0 aliphatic carbocycles. The van der Waals surface area contributed by atoms with Gasteiger partial charge in [-0.1, -0.05) is 26.0 Å². The summed E-state index contributed by atoms with van der Waals surface area (Å²) in [6.07, 6.45) is 5.32. The highest BCUT2D eigenvalue weighted by Gasteiger charge is 2.45. The Morgan fingerprint density at radius 3 is 1.69 bits per heavy atom. The molecule has 0 aromatic rings. The molecule has 1 atom stereocenters. The van der Waals surface area contributed by atoms with Gasteiger partial charge in [-0.2, -0.15) is 0 Å². The van der Waals surface area contributed by atoms with Crippen LogP contribution in [0.2, 0.25) is 5.54 Å². The van der Waals surface area contributed by atoms with E-state index in [-0.39, 0.29) is 5.54 Å². The molecule has 0 aromatic heterocycles. The van der Waals surface area contributed by atoms with Crippen molar-refractivity contribution in [3.63, 3.8) is 0 Å². The van der Waals surface area contributed by atoms with E-state index in [0.29, 0.717) is 19.8 Å². The average Bonchev–Trinajstić information content (AvgIpc) is 2.26. The summed E-state index contributed by atoms with van der Waals surface area (Å²) in [7, 11) is -2.52. The Morgan fingerprint density at radius 1 is 0.938 bits per heavy atom. The summed E-state index contributed by atoms with van der Waals surface area (Å²) in [5.41, 5.74) is 0.215. The first-order valence-electron chi connectivity index (χ1n) is 6.25. The van der Waals surface area contributed by atoms with Gasteiger partial charge in [-0.15, -0.1) is 0 Å². The van der Waals surface area contributed by atoms with Crippen LogP contribution in [0.15, 0.2) is 12.2 Å². The number of hydrogen-bond acceptors (Lipinski definition) is 3. The molecule has 4 heteroatoms. The van der Waals surface area contributed by atoms with Crippen LogP contribution in [-0.2, 0) is 13.3 Å². The molecule has 0 saturated carbocycles. The van der Waals surface area contributed by atoms with Crippen molar-refractivity contribution in [3.8, 4) is 0 Å². The van der Waals surface area contributed by atoms with Crippen molar-refractivity contribution >= 4 is 8.80 Å². The third kappa shape index (κ3) is 4.78. The highest BCUT2D eigenvalue weighted by molar-refractivity contribution is 6.62. The first kappa shape index (κ1) is 15.8. The monoisotopic (exact) mass is 246 g/mol. The Labute approximate surface area is 101 Å². The fraction of sp³-hybridized carbons (Fsp3) is 0.833. The summed E-state index contributed by atoms with van der Waals surface area (Å²) in [6.45, 7) is 12.1. The van der Waals surface area contributed by atoms with E-state index in [1.807, 2.05) is 20.8 Å². The van der Waals surface area contributed by atoms with Gasteiger partial charge in [0, 0.05) is 25.4 Å². The summed E-state index contributed by atoms with van der Waals surface area (Å²) in [4.78, 5) is 0. The van der Waals surface area contributed by atoms with Crippen LogP contribution in [0, 0.1) is 0 Å². The summed E-state index contributed by atoms with van der Waals surface area (Å²) >= 11 is 0. The van der Waals surface area contributed by atoms with Gasteiger partial charge in [0.05, 0.1) is 0 Å². The van der Waals surface area contributed by atoms with E-state index >= 15 is 0 Å². The molecule has 0 aliphatic rings. The third-order valence-corrected chi connectivity index (χ3v) is 5.64. The largest absolute Gasteiger partial charge is 0.507 e. The van der Waals surface area contributed by atoms with Crippen molar-refractivity contribution in [3.05, 3.63) is 12.2 Å². The maximum absolute atomic E-state index is 5.81. The Bertz CT molecular complexity index is 178. The first-order chi connectivity index (χ1) is 7.66. The van der Waals surface area contributed by atoms with Crippen LogP contribution < -0.4 is 0 Å². The normalized spacial score (nSPS) is 14.6. The van der Waals surface area contributed by atoms with Crippen molar-refractivity contribution in [2.45, 2.75) is 46.6 Å². The van der Waals surface area contributed by atoms with Gasteiger partial charge < -0.3 is 13.3 Å². The highest BCUT2D eigenvalue weighted by Crippen LogP contribution is 2.27. The maximum Gasteiger partial charge on any atom is 0.507 e. The molecule has 16 heavy (non-hydrogen) atoms. The lowest BCUT2D eigenvalue weighted by atomic mass is 10.3. The summed E-state index contributed by atoms with van der Waals surface area (Å²) in [5.74, 6) is 0. The molecule has 0 heterocycles. The van der Waals surface area contributed by atoms with E-state index in [1.165, 1.54) is 0 Å². The Hall–Kier alpha value is -0.163. The molecule has 0 N–H and O–H groups in total. The van der Waals surface area contributed by atoms with Crippen LogP contribution in [0.25, 0.3) is 0 Å². The van der Waals surface area contributed by atoms with E-state index in [9.17, 15) is 0 Å². The lowest BCUT2D eigenvalue weighted by Crippen LogP contribution is -2.49. The van der Waals surface area contributed by atoms with Crippen LogP contribution in [-0.4, -0.2) is 28.6 Å². The van der Waals surface area contributed by atoms with E-state index in [4.69, 9.17) is 13.3 Å². The van der Waals surface area contributed by atoms with E-state index < -0.39 is 8.80 Å². The molecule has 1 unspecified atom stereocenters. The standard InChI is InChI=1S/C12H26O3Si/c1-6-10-11-12(5)16(13-7-2,14-8-3)15-9-4/h10-12H,6-9H2,1-5H3/b11-10-. The molecule has 0 bridgehead atoms. The van der Waals surface area contributed by atoms with Crippen molar-refractivity contribution in [1.29, 1.82) is 0 Å². The lowest BCUT2D eigenvalue weighted by molar-refractivity contribution is 0.0667. The third-order valence-electron chi connectivity index (χ3n) is 2.25. The molecule has 0 amide bonds. The van der Waals surface area contributed by atoms with Gasteiger partial charge >= 0.3 is 8.80 Å². The van der Waals surface area contributed by atoms with Gasteiger partial charge in [0.1, 0.15) is 0 Å². The molecule has 0 aromatic carbocycles. The van der Waals surface area contributed by atoms with Crippen molar-refractivity contribution < 1.29 is 13.3 Å². The smallest absolute Gasteiger partial charge is 0.373 e. The van der Waals surface area contributed by atoms with Crippen LogP contribution >= 0.6 is 0 Å². The number of hydrogen-bond donors (Lipinski definition) is 0. The van der Waals surface area contributed by atoms with Gasteiger partial charge in [0.25, 0.3) is 0 Å². The van der Waals surface area contributed by atoms with Crippen molar-refractivity contribution in [2.24, 2.45) is 0 Å². The molecule has 96 valence electrons. The van der Waals surface area contributed by atoms with E-state index in [1.54, 1.807) is 0 Å². The second-order valence-electron chi connectivity index (χ2n) is 3.53. The molecule has 0 radical (unpaired) electrons. The average molecular weight is 246 g/mol. The van der Waals surface area contributed by atoms with Crippen molar-refractivity contribution in [1.82, 2.24) is 0 Å². The zero-order valence-electron chi connectivity index (χ0n) is 11.3. The Morgan fingerprint density at radius 2 is 1.38 bits per heavy atom. The predicted molar refractivity (Wildman–Crippen MR) is 69.5 cm³/mol. The molecule has 0 fully saturated rings. The predicted octanol–water partition coefficient (Wildman–Crippen LogP) is 3.39. The summed E-state index contributed by atoms with van der Waals surface area (Å²) < 4.78 is 17.4. The number of allylic oxidation sites excluding steroid dienone is 2. The minimum Gasteiger partial charge on any atom is -0.373 e. The van der Waals surface area contributed by atoms with Gasteiger partial charge in [-0.25, -0.2) is 0 Å². The maximum atomic E-state index is 5.81. The second kappa shape index (κ2) is 8.93. The fourth-order valence-electron chi connectivity index (χ4n) is 1.58. The minimum absolute atomic E-state index is 0.215. The van der Waals surface area contributed by atoms with Crippen LogP contribution in [0.5, 0.6) is 0 Å². The van der Waals surface area contributed by atoms with Gasteiger partial charge in [0.2, 0.25) is 0 Å². The van der Waals surface area contributed by atoms with Crippen LogP contribution in [0.4, 0.5) is 0 Å². The summed E-state index contributed by atoms with van der Waals surface area (Å²) in [5, 5.41) is 0. The molecular weight excluding hydrogens is 220 g/mol. The first-order valence-corrected chi connectivity index (χ1v) is 8.05. The molecule has 0 rings (SSSR count). The highest BCUT2D eigenvalue weighted by atomic mass is 28.4. The summed E-state index contributed by atoms with van der Waals surface area (Å²) in [6, 6.07) is 0. The van der Waals surface area contributed by atoms with E-state index in [0.717, 1.165) is 6.42 Å². The SMILES string of the molecule is CC/C=C\C(C)[Si](OCC)(OCC)OCC. The minimum atomic E-state index is -2.52. The van der Waals surface area contributed by atoms with Gasteiger partial charge in [0.15, 0.2) is 0 Å². The quantitative estimate of drug-likeness (QED) is 0.461. The van der Waals surface area contributed by atoms with Crippen LogP contribution in [0.1, 0.15) is 41.0 Å².